The van der Waals surface area contributed by atoms with Gasteiger partial charge >= 0.3 is 6.18 Å². The van der Waals surface area contributed by atoms with Crippen molar-refractivity contribution in [2.45, 2.75) is 18.6 Å². The average molecular weight is 346 g/mol. The summed E-state index contributed by atoms with van der Waals surface area (Å²) in [5.41, 5.74) is 0.0711. The molecule has 2 aromatic rings. The third-order valence-corrected chi connectivity index (χ3v) is 4.06. The van der Waals surface area contributed by atoms with E-state index in [0.29, 0.717) is 18.8 Å². The van der Waals surface area contributed by atoms with Crippen molar-refractivity contribution in [3.8, 4) is 0 Å². The number of benzene rings is 1. The molecule has 0 fully saturated rings. The van der Waals surface area contributed by atoms with E-state index in [0.717, 1.165) is 5.56 Å². The summed E-state index contributed by atoms with van der Waals surface area (Å²) in [6, 6.07) is 9.26. The Balaban J connectivity index is 2.10. The molecular formula is C13H11BrF3N3. The van der Waals surface area contributed by atoms with Crippen LogP contribution in [0.5, 0.6) is 0 Å². The predicted molar refractivity (Wildman–Crippen MR) is 72.6 cm³/mol. The van der Waals surface area contributed by atoms with Crippen LogP contribution < -0.4 is 5.32 Å². The summed E-state index contributed by atoms with van der Waals surface area (Å²) in [5.74, 6) is 0.387. The molecule has 0 saturated carbocycles. The second-order valence-corrected chi connectivity index (χ2v) is 5.39. The summed E-state index contributed by atoms with van der Waals surface area (Å²) in [7, 11) is 0. The fraction of sp³-hybridized carbons (Fsp3) is 0.308. The lowest BCUT2D eigenvalue weighted by Gasteiger charge is -2.26. The van der Waals surface area contributed by atoms with Gasteiger partial charge in [0.2, 0.25) is 0 Å². The zero-order valence-electron chi connectivity index (χ0n) is 10.3. The molecule has 1 unspecified atom stereocenters. The van der Waals surface area contributed by atoms with Crippen molar-refractivity contribution in [3.05, 3.63) is 46.1 Å². The fourth-order valence-corrected chi connectivity index (χ4v) is 3.04. The smallest absolute Gasteiger partial charge is 0.369 e. The zero-order chi connectivity index (χ0) is 14.3. The van der Waals surface area contributed by atoms with Crippen molar-refractivity contribution in [2.24, 2.45) is 0 Å². The van der Waals surface area contributed by atoms with Gasteiger partial charge in [0.25, 0.3) is 0 Å². The number of rotatable bonds is 1. The largest absolute Gasteiger partial charge is 0.436 e. The van der Waals surface area contributed by atoms with Crippen molar-refractivity contribution < 1.29 is 13.2 Å². The number of nitrogens with one attached hydrogen (secondary N) is 1. The lowest BCUT2D eigenvalue weighted by molar-refractivity contribution is -0.142. The summed E-state index contributed by atoms with van der Waals surface area (Å²) in [6.45, 7) is 0.612. The van der Waals surface area contributed by atoms with Crippen molar-refractivity contribution in [2.75, 3.05) is 11.9 Å². The molecule has 1 atom stereocenters. The van der Waals surface area contributed by atoms with E-state index in [1.54, 1.807) is 0 Å². The van der Waals surface area contributed by atoms with Gasteiger partial charge in [-0.05, 0) is 27.9 Å². The maximum atomic E-state index is 12.9. The highest BCUT2D eigenvalue weighted by atomic mass is 79.9. The Hall–Kier alpha value is -1.50. The first-order chi connectivity index (χ1) is 9.48. The van der Waals surface area contributed by atoms with Gasteiger partial charge in [-0.1, -0.05) is 30.3 Å². The van der Waals surface area contributed by atoms with Crippen molar-refractivity contribution in [1.82, 2.24) is 9.78 Å². The molecule has 1 aromatic carbocycles. The lowest BCUT2D eigenvalue weighted by atomic mass is 10.0. The van der Waals surface area contributed by atoms with Gasteiger partial charge in [-0.25, -0.2) is 4.68 Å². The van der Waals surface area contributed by atoms with Crippen LogP contribution in [0.4, 0.5) is 19.0 Å². The van der Waals surface area contributed by atoms with E-state index in [1.165, 1.54) is 4.68 Å². The highest BCUT2D eigenvalue weighted by molar-refractivity contribution is 9.10. The molecule has 1 aliphatic heterocycles. The molecule has 1 N–H and O–H groups in total. The topological polar surface area (TPSA) is 29.9 Å². The van der Waals surface area contributed by atoms with E-state index in [1.807, 2.05) is 30.3 Å². The molecule has 20 heavy (non-hydrogen) atoms. The van der Waals surface area contributed by atoms with Gasteiger partial charge in [-0.15, -0.1) is 0 Å². The first kappa shape index (κ1) is 13.5. The molecule has 0 spiro atoms. The molecule has 0 bridgehead atoms. The van der Waals surface area contributed by atoms with E-state index < -0.39 is 11.9 Å². The zero-order valence-corrected chi connectivity index (χ0v) is 11.9. The number of hydrogen-bond acceptors (Lipinski definition) is 2. The van der Waals surface area contributed by atoms with Crippen molar-refractivity contribution >= 4 is 21.7 Å². The maximum absolute atomic E-state index is 12.9. The number of nitrogens with zero attached hydrogens (tertiary/aromatic N) is 2. The van der Waals surface area contributed by atoms with Crippen LogP contribution >= 0.6 is 15.9 Å². The molecule has 0 aliphatic carbocycles. The molecule has 7 heteroatoms. The summed E-state index contributed by atoms with van der Waals surface area (Å²) in [4.78, 5) is 0. The van der Waals surface area contributed by atoms with Crippen LogP contribution in [-0.2, 0) is 6.18 Å². The van der Waals surface area contributed by atoms with Crippen LogP contribution in [0.25, 0.3) is 0 Å². The number of hydrogen-bond donors (Lipinski definition) is 1. The Morgan fingerprint density at radius 2 is 1.95 bits per heavy atom. The Morgan fingerprint density at radius 1 is 1.25 bits per heavy atom. The Kier molecular flexibility index (Phi) is 3.24. The third kappa shape index (κ3) is 2.19. The first-order valence-electron chi connectivity index (χ1n) is 6.12. The van der Waals surface area contributed by atoms with Crippen molar-refractivity contribution in [1.29, 1.82) is 0 Å². The van der Waals surface area contributed by atoms with E-state index in [-0.39, 0.29) is 10.5 Å². The molecule has 1 aliphatic rings. The summed E-state index contributed by atoms with van der Waals surface area (Å²) in [5, 5.41) is 6.74. The Labute approximate surface area is 121 Å². The lowest BCUT2D eigenvalue weighted by Crippen LogP contribution is -2.24. The van der Waals surface area contributed by atoms with Crippen molar-refractivity contribution in [3.63, 3.8) is 0 Å². The number of aromatic nitrogens is 2. The molecule has 2 heterocycles. The normalized spacial score (nSPS) is 18.5. The molecular weight excluding hydrogens is 335 g/mol. The maximum Gasteiger partial charge on any atom is 0.436 e. The van der Waals surface area contributed by atoms with Crippen LogP contribution in [0.15, 0.2) is 34.8 Å². The standard InChI is InChI=1S/C13H11BrF3N3/c14-10-11(13(15,16)17)19-20-9(6-7-18-12(10)20)8-4-2-1-3-5-8/h1-5,9,18H,6-7H2. The number of fused-ring (bicyclic) bond motifs is 1. The van der Waals surface area contributed by atoms with E-state index in [4.69, 9.17) is 0 Å². The van der Waals surface area contributed by atoms with Gasteiger partial charge in [0.05, 0.1) is 10.5 Å². The Morgan fingerprint density at radius 3 is 2.60 bits per heavy atom. The van der Waals surface area contributed by atoms with E-state index in [2.05, 4.69) is 26.3 Å². The van der Waals surface area contributed by atoms with Gasteiger partial charge in [0.15, 0.2) is 5.69 Å². The van der Waals surface area contributed by atoms with Gasteiger partial charge in [-0.2, -0.15) is 18.3 Å². The predicted octanol–water partition coefficient (Wildman–Crippen LogP) is 4.07. The van der Waals surface area contributed by atoms with Crippen LogP contribution in [0.1, 0.15) is 23.7 Å². The third-order valence-electron chi connectivity index (χ3n) is 3.31. The monoisotopic (exact) mass is 345 g/mol. The highest BCUT2D eigenvalue weighted by Gasteiger charge is 2.40. The quantitative estimate of drug-likeness (QED) is 0.844. The SMILES string of the molecule is FC(F)(F)c1nn2c(c1Br)NCCC2c1ccccc1. The molecule has 3 nitrogen and oxygen atoms in total. The van der Waals surface area contributed by atoms with E-state index in [9.17, 15) is 13.2 Å². The molecule has 1 aromatic heterocycles. The molecule has 106 valence electrons. The number of alkyl halides is 3. The van der Waals surface area contributed by atoms with Gasteiger partial charge < -0.3 is 5.32 Å². The highest BCUT2D eigenvalue weighted by Crippen LogP contribution is 2.41. The molecule has 0 radical (unpaired) electrons. The molecule has 0 amide bonds. The molecule has 3 rings (SSSR count). The summed E-state index contributed by atoms with van der Waals surface area (Å²) in [6.07, 6.45) is -3.77. The van der Waals surface area contributed by atoms with Crippen LogP contribution in [0.2, 0.25) is 0 Å². The van der Waals surface area contributed by atoms with E-state index >= 15 is 0 Å². The minimum absolute atomic E-state index is 0.0226. The van der Waals surface area contributed by atoms with Crippen LogP contribution in [0, 0.1) is 0 Å². The second kappa shape index (κ2) is 4.80. The van der Waals surface area contributed by atoms with Gasteiger partial charge in [-0.3, -0.25) is 0 Å². The minimum atomic E-state index is -4.47. The van der Waals surface area contributed by atoms with Crippen LogP contribution in [-0.4, -0.2) is 16.3 Å². The fourth-order valence-electron chi connectivity index (χ4n) is 2.41. The average Bonchev–Trinajstić information content (AvgIpc) is 2.77. The van der Waals surface area contributed by atoms with Gasteiger partial charge in [0, 0.05) is 6.54 Å². The number of halogens is 4. The molecule has 0 saturated heterocycles. The first-order valence-corrected chi connectivity index (χ1v) is 6.92. The summed E-state index contributed by atoms with van der Waals surface area (Å²) >= 11 is 3.01. The summed E-state index contributed by atoms with van der Waals surface area (Å²) < 4.78 is 40.2. The second-order valence-electron chi connectivity index (χ2n) is 4.60. The Bertz CT molecular complexity index is 622. The minimum Gasteiger partial charge on any atom is -0.369 e. The number of anilines is 1. The van der Waals surface area contributed by atoms with Gasteiger partial charge in [0.1, 0.15) is 5.82 Å². The van der Waals surface area contributed by atoms with Crippen LogP contribution in [0.3, 0.4) is 0 Å².